The van der Waals surface area contributed by atoms with Crippen LogP contribution in [-0.2, 0) is 4.79 Å². The number of nitrogens with two attached hydrogens (primary N) is 1. The number of amides is 1. The first-order valence-electron chi connectivity index (χ1n) is 5.42. The lowest BCUT2D eigenvalue weighted by Gasteiger charge is -2.41. The van der Waals surface area contributed by atoms with Crippen LogP contribution in [0.15, 0.2) is 24.3 Å². The molecule has 1 aliphatic rings. The smallest absolute Gasteiger partial charge is 0.246 e. The van der Waals surface area contributed by atoms with Crippen LogP contribution in [0.25, 0.3) is 0 Å². The summed E-state index contributed by atoms with van der Waals surface area (Å²) < 4.78 is 0. The van der Waals surface area contributed by atoms with Crippen molar-refractivity contribution >= 4 is 17.3 Å². The Morgan fingerprint density at radius 2 is 2.12 bits per heavy atom. The van der Waals surface area contributed by atoms with Gasteiger partial charge in [-0.2, -0.15) is 0 Å². The number of anilines is 2. The van der Waals surface area contributed by atoms with Crippen molar-refractivity contribution in [3.05, 3.63) is 24.3 Å². The highest BCUT2D eigenvalue weighted by atomic mass is 16.2. The molecule has 1 aromatic carbocycles. The Morgan fingerprint density at radius 3 is 2.81 bits per heavy atom. The van der Waals surface area contributed by atoms with Crippen molar-refractivity contribution in [3.63, 3.8) is 0 Å². The number of hydrogen-bond donors (Lipinski definition) is 2. The van der Waals surface area contributed by atoms with Gasteiger partial charge in [0.15, 0.2) is 0 Å². The first-order valence-corrected chi connectivity index (χ1v) is 5.42. The number of fused-ring (bicyclic) bond motifs is 1. The molecular formula is C12H17N3O. The molecule has 0 atom stereocenters. The van der Waals surface area contributed by atoms with Gasteiger partial charge < -0.3 is 16.0 Å². The average Bonchev–Trinajstić information content (AvgIpc) is 2.28. The summed E-state index contributed by atoms with van der Waals surface area (Å²) in [5.74, 6) is 0.0640. The molecule has 1 amide bonds. The molecule has 0 aliphatic carbocycles. The Kier molecular flexibility index (Phi) is 2.59. The summed E-state index contributed by atoms with van der Waals surface area (Å²) in [7, 11) is 0. The van der Waals surface area contributed by atoms with Crippen LogP contribution in [0.3, 0.4) is 0 Å². The Balaban J connectivity index is 2.49. The summed E-state index contributed by atoms with van der Waals surface area (Å²) in [5, 5.41) is 3.11. The third-order valence-electron chi connectivity index (χ3n) is 2.93. The second-order valence-corrected chi connectivity index (χ2v) is 4.62. The molecule has 2 rings (SSSR count). The topological polar surface area (TPSA) is 58.4 Å². The summed E-state index contributed by atoms with van der Waals surface area (Å²) in [6.45, 7) is 4.73. The van der Waals surface area contributed by atoms with E-state index in [0.717, 1.165) is 11.4 Å². The number of nitrogens with one attached hydrogen (secondary N) is 1. The SMILES string of the molecule is CC(C)(CN)N1C(=O)CNc2ccccc21. The maximum Gasteiger partial charge on any atom is 0.246 e. The van der Waals surface area contributed by atoms with Gasteiger partial charge in [0.1, 0.15) is 0 Å². The fraction of sp³-hybridized carbons (Fsp3) is 0.417. The normalized spacial score (nSPS) is 15.7. The van der Waals surface area contributed by atoms with Crippen molar-refractivity contribution in [3.8, 4) is 0 Å². The molecule has 1 heterocycles. The first-order chi connectivity index (χ1) is 7.56. The van der Waals surface area contributed by atoms with Crippen LogP contribution >= 0.6 is 0 Å². The van der Waals surface area contributed by atoms with Crippen molar-refractivity contribution in [1.82, 2.24) is 0 Å². The number of carbonyl (C=O) groups excluding carboxylic acids is 1. The van der Waals surface area contributed by atoms with E-state index in [-0.39, 0.29) is 11.4 Å². The lowest BCUT2D eigenvalue weighted by Crippen LogP contribution is -2.56. The zero-order valence-electron chi connectivity index (χ0n) is 9.66. The Bertz CT molecular complexity index is 414. The van der Waals surface area contributed by atoms with Crippen LogP contribution in [0, 0.1) is 0 Å². The molecule has 1 aliphatic heterocycles. The predicted octanol–water partition coefficient (Wildman–Crippen LogP) is 1.18. The summed E-state index contributed by atoms with van der Waals surface area (Å²) in [4.78, 5) is 13.8. The van der Waals surface area contributed by atoms with Crippen LogP contribution in [0.5, 0.6) is 0 Å². The standard InChI is InChI=1S/C12H17N3O/c1-12(2,8-13)15-10-6-4-3-5-9(10)14-7-11(15)16/h3-6,14H,7-8,13H2,1-2H3. The molecule has 0 bridgehead atoms. The van der Waals surface area contributed by atoms with Crippen LogP contribution < -0.4 is 16.0 Å². The molecule has 4 heteroatoms. The van der Waals surface area contributed by atoms with Gasteiger partial charge >= 0.3 is 0 Å². The molecule has 0 radical (unpaired) electrons. The van der Waals surface area contributed by atoms with Gasteiger partial charge in [-0.3, -0.25) is 4.79 Å². The molecule has 0 spiro atoms. The Hall–Kier alpha value is -1.55. The van der Waals surface area contributed by atoms with Gasteiger partial charge in [0.2, 0.25) is 5.91 Å². The van der Waals surface area contributed by atoms with Gasteiger partial charge in [0, 0.05) is 6.54 Å². The molecule has 0 saturated heterocycles. The van der Waals surface area contributed by atoms with Crippen molar-refractivity contribution in [2.45, 2.75) is 19.4 Å². The van der Waals surface area contributed by atoms with Crippen LogP contribution in [0.1, 0.15) is 13.8 Å². The van der Waals surface area contributed by atoms with Crippen molar-refractivity contribution < 1.29 is 4.79 Å². The third kappa shape index (κ3) is 1.65. The largest absolute Gasteiger partial charge is 0.374 e. The van der Waals surface area contributed by atoms with E-state index >= 15 is 0 Å². The number of benzene rings is 1. The maximum absolute atomic E-state index is 12.0. The molecule has 1 aromatic rings. The maximum atomic E-state index is 12.0. The fourth-order valence-corrected chi connectivity index (χ4v) is 1.96. The highest BCUT2D eigenvalue weighted by molar-refractivity contribution is 6.03. The first kappa shape index (κ1) is 11.0. The highest BCUT2D eigenvalue weighted by Gasteiger charge is 2.34. The number of para-hydroxylation sites is 2. The molecular weight excluding hydrogens is 202 g/mol. The third-order valence-corrected chi connectivity index (χ3v) is 2.93. The zero-order chi connectivity index (χ0) is 11.8. The van der Waals surface area contributed by atoms with Crippen LogP contribution in [-0.4, -0.2) is 24.5 Å². The van der Waals surface area contributed by atoms with Crippen molar-refractivity contribution in [2.75, 3.05) is 23.3 Å². The van der Waals surface area contributed by atoms with Gasteiger partial charge in [-0.15, -0.1) is 0 Å². The molecule has 86 valence electrons. The monoisotopic (exact) mass is 219 g/mol. The average molecular weight is 219 g/mol. The fourth-order valence-electron chi connectivity index (χ4n) is 1.96. The number of rotatable bonds is 2. The van der Waals surface area contributed by atoms with E-state index < -0.39 is 0 Å². The number of hydrogen-bond acceptors (Lipinski definition) is 3. The van der Waals surface area contributed by atoms with E-state index in [2.05, 4.69) is 5.32 Å². The lowest BCUT2D eigenvalue weighted by molar-refractivity contribution is -0.118. The van der Waals surface area contributed by atoms with Crippen molar-refractivity contribution in [1.29, 1.82) is 0 Å². The van der Waals surface area contributed by atoms with Gasteiger partial charge in [-0.1, -0.05) is 12.1 Å². The predicted molar refractivity (Wildman–Crippen MR) is 65.6 cm³/mol. The van der Waals surface area contributed by atoms with E-state index in [1.54, 1.807) is 4.90 Å². The second kappa shape index (κ2) is 3.79. The molecule has 0 saturated carbocycles. The summed E-state index contributed by atoms with van der Waals surface area (Å²) in [6.07, 6.45) is 0. The van der Waals surface area contributed by atoms with E-state index in [0.29, 0.717) is 13.1 Å². The van der Waals surface area contributed by atoms with Crippen LogP contribution in [0.4, 0.5) is 11.4 Å². The summed E-state index contributed by atoms with van der Waals surface area (Å²) in [5.41, 5.74) is 7.29. The molecule has 4 nitrogen and oxygen atoms in total. The lowest BCUT2D eigenvalue weighted by atomic mass is 10.00. The molecule has 3 N–H and O–H groups in total. The molecule has 0 aromatic heterocycles. The van der Waals surface area contributed by atoms with Crippen molar-refractivity contribution in [2.24, 2.45) is 5.73 Å². The van der Waals surface area contributed by atoms with Crippen LogP contribution in [0.2, 0.25) is 0 Å². The summed E-state index contributed by atoms with van der Waals surface area (Å²) in [6, 6.07) is 7.80. The van der Waals surface area contributed by atoms with E-state index in [4.69, 9.17) is 5.73 Å². The van der Waals surface area contributed by atoms with E-state index in [1.165, 1.54) is 0 Å². The highest BCUT2D eigenvalue weighted by Crippen LogP contribution is 2.33. The molecule has 16 heavy (non-hydrogen) atoms. The second-order valence-electron chi connectivity index (χ2n) is 4.62. The zero-order valence-corrected chi connectivity index (χ0v) is 9.66. The number of carbonyl (C=O) groups is 1. The van der Waals surface area contributed by atoms with Gasteiger partial charge in [0.25, 0.3) is 0 Å². The van der Waals surface area contributed by atoms with E-state index in [9.17, 15) is 4.79 Å². The minimum absolute atomic E-state index is 0.0640. The molecule has 0 unspecified atom stereocenters. The van der Waals surface area contributed by atoms with Gasteiger partial charge in [0.05, 0.1) is 23.5 Å². The Morgan fingerprint density at radius 1 is 1.44 bits per heavy atom. The van der Waals surface area contributed by atoms with Gasteiger partial charge in [-0.25, -0.2) is 0 Å². The summed E-state index contributed by atoms with van der Waals surface area (Å²) >= 11 is 0. The minimum atomic E-state index is -0.352. The van der Waals surface area contributed by atoms with Gasteiger partial charge in [-0.05, 0) is 26.0 Å². The quantitative estimate of drug-likeness (QED) is 0.785. The number of nitrogens with zero attached hydrogens (tertiary/aromatic N) is 1. The molecule has 0 fully saturated rings. The Labute approximate surface area is 95.4 Å². The van der Waals surface area contributed by atoms with E-state index in [1.807, 2.05) is 38.1 Å². The minimum Gasteiger partial charge on any atom is -0.374 e.